The lowest BCUT2D eigenvalue weighted by atomic mass is 10.0. The largest absolute Gasteiger partial charge is 0.298 e. The van der Waals surface area contributed by atoms with E-state index in [2.05, 4.69) is 11.2 Å². The van der Waals surface area contributed by atoms with E-state index in [1.165, 1.54) is 0 Å². The fourth-order valence-corrected chi connectivity index (χ4v) is 3.11. The predicted molar refractivity (Wildman–Crippen MR) is 93.3 cm³/mol. The summed E-state index contributed by atoms with van der Waals surface area (Å²) in [7, 11) is 0. The van der Waals surface area contributed by atoms with Gasteiger partial charge in [0, 0.05) is 16.0 Å². The standard InChI is InChI=1S/C19H13ClN2O/c1-12-17(11-23)19-16-5-3-2-4-14(16)10-18(22(19)21-12)13-6-8-15(20)9-7-13/h2-11H,1H3. The Balaban J connectivity index is 2.19. The van der Waals surface area contributed by atoms with Gasteiger partial charge in [-0.15, -0.1) is 0 Å². The monoisotopic (exact) mass is 320 g/mol. The van der Waals surface area contributed by atoms with E-state index in [-0.39, 0.29) is 0 Å². The summed E-state index contributed by atoms with van der Waals surface area (Å²) in [6, 6.07) is 17.8. The Bertz CT molecular complexity index is 1050. The highest BCUT2D eigenvalue weighted by Gasteiger charge is 2.16. The summed E-state index contributed by atoms with van der Waals surface area (Å²) in [6.45, 7) is 1.86. The molecule has 0 N–H and O–H groups in total. The van der Waals surface area contributed by atoms with Gasteiger partial charge in [0.25, 0.3) is 0 Å². The zero-order valence-electron chi connectivity index (χ0n) is 12.5. The number of fused-ring (bicyclic) bond motifs is 3. The van der Waals surface area contributed by atoms with Crippen LogP contribution in [0.1, 0.15) is 16.1 Å². The molecule has 2 aromatic carbocycles. The molecule has 4 rings (SSSR count). The molecule has 2 heterocycles. The lowest BCUT2D eigenvalue weighted by molar-refractivity contribution is 0.112. The Morgan fingerprint density at radius 2 is 1.83 bits per heavy atom. The summed E-state index contributed by atoms with van der Waals surface area (Å²) >= 11 is 6.00. The number of carbonyl (C=O) groups excluding carboxylic acids is 1. The number of hydrogen-bond donors (Lipinski definition) is 0. The Labute approximate surface area is 138 Å². The maximum absolute atomic E-state index is 11.6. The molecule has 4 heteroatoms. The molecule has 0 aliphatic rings. The van der Waals surface area contributed by atoms with Crippen molar-refractivity contribution in [1.29, 1.82) is 0 Å². The molecule has 23 heavy (non-hydrogen) atoms. The zero-order chi connectivity index (χ0) is 16.0. The third-order valence-electron chi connectivity index (χ3n) is 4.10. The van der Waals surface area contributed by atoms with Gasteiger partial charge in [0.05, 0.1) is 22.5 Å². The van der Waals surface area contributed by atoms with Gasteiger partial charge in [0.1, 0.15) is 0 Å². The van der Waals surface area contributed by atoms with Crippen LogP contribution in [0.4, 0.5) is 0 Å². The molecule has 0 aliphatic carbocycles. The van der Waals surface area contributed by atoms with Gasteiger partial charge >= 0.3 is 0 Å². The van der Waals surface area contributed by atoms with E-state index in [1.807, 2.05) is 60.0 Å². The van der Waals surface area contributed by atoms with E-state index in [4.69, 9.17) is 11.6 Å². The fourth-order valence-electron chi connectivity index (χ4n) is 2.99. The van der Waals surface area contributed by atoms with E-state index in [1.54, 1.807) is 0 Å². The molecular formula is C19H13ClN2O. The van der Waals surface area contributed by atoms with Crippen molar-refractivity contribution in [3.8, 4) is 11.3 Å². The summed E-state index contributed by atoms with van der Waals surface area (Å²) in [4.78, 5) is 11.6. The third-order valence-corrected chi connectivity index (χ3v) is 4.35. The minimum Gasteiger partial charge on any atom is -0.298 e. The van der Waals surface area contributed by atoms with Crippen molar-refractivity contribution < 1.29 is 4.79 Å². The number of pyridine rings is 1. The number of hydrogen-bond acceptors (Lipinski definition) is 2. The van der Waals surface area contributed by atoms with Crippen LogP contribution in [-0.4, -0.2) is 15.9 Å². The average molecular weight is 321 g/mol. The summed E-state index contributed by atoms with van der Waals surface area (Å²) in [6.07, 6.45) is 0.885. The van der Waals surface area contributed by atoms with Crippen LogP contribution in [0.15, 0.2) is 54.6 Å². The molecule has 0 aliphatic heterocycles. The molecule has 0 atom stereocenters. The van der Waals surface area contributed by atoms with Crippen molar-refractivity contribution in [1.82, 2.24) is 9.61 Å². The van der Waals surface area contributed by atoms with E-state index < -0.39 is 0 Å². The van der Waals surface area contributed by atoms with Gasteiger partial charge in [0.15, 0.2) is 6.29 Å². The van der Waals surface area contributed by atoms with Gasteiger partial charge < -0.3 is 0 Å². The van der Waals surface area contributed by atoms with Crippen molar-refractivity contribution in [2.24, 2.45) is 0 Å². The molecule has 0 bridgehead atoms. The van der Waals surface area contributed by atoms with Crippen LogP contribution in [-0.2, 0) is 0 Å². The van der Waals surface area contributed by atoms with Gasteiger partial charge in [-0.25, -0.2) is 4.52 Å². The zero-order valence-corrected chi connectivity index (χ0v) is 13.2. The maximum Gasteiger partial charge on any atom is 0.154 e. The topological polar surface area (TPSA) is 34.4 Å². The Morgan fingerprint density at radius 3 is 2.57 bits per heavy atom. The first-order valence-corrected chi connectivity index (χ1v) is 7.69. The number of aldehydes is 1. The number of halogens is 1. The molecule has 0 radical (unpaired) electrons. The smallest absolute Gasteiger partial charge is 0.154 e. The molecule has 0 spiro atoms. The van der Waals surface area contributed by atoms with Gasteiger partial charge in [-0.3, -0.25) is 4.79 Å². The van der Waals surface area contributed by atoms with Crippen LogP contribution in [0, 0.1) is 6.92 Å². The molecule has 0 unspecified atom stereocenters. The van der Waals surface area contributed by atoms with Crippen LogP contribution >= 0.6 is 11.6 Å². The van der Waals surface area contributed by atoms with Crippen LogP contribution in [0.5, 0.6) is 0 Å². The van der Waals surface area contributed by atoms with Crippen molar-refractivity contribution in [2.45, 2.75) is 6.92 Å². The number of nitrogens with zero attached hydrogens (tertiary/aromatic N) is 2. The maximum atomic E-state index is 11.6. The number of aryl methyl sites for hydroxylation is 1. The number of carbonyl (C=O) groups is 1. The fraction of sp³-hybridized carbons (Fsp3) is 0.0526. The highest BCUT2D eigenvalue weighted by Crippen LogP contribution is 2.31. The Morgan fingerprint density at radius 1 is 1.09 bits per heavy atom. The lowest BCUT2D eigenvalue weighted by Gasteiger charge is -2.09. The normalized spacial score (nSPS) is 11.2. The minimum atomic E-state index is 0.636. The van der Waals surface area contributed by atoms with Crippen molar-refractivity contribution in [3.05, 3.63) is 70.9 Å². The average Bonchev–Trinajstić information content (AvgIpc) is 2.91. The third kappa shape index (κ3) is 2.13. The first-order chi connectivity index (χ1) is 11.2. The Hall–Kier alpha value is -2.65. The van der Waals surface area contributed by atoms with Gasteiger partial charge in [-0.2, -0.15) is 5.10 Å². The van der Waals surface area contributed by atoms with E-state index in [0.29, 0.717) is 10.6 Å². The van der Waals surface area contributed by atoms with Crippen molar-refractivity contribution >= 4 is 34.2 Å². The molecule has 4 aromatic rings. The molecule has 3 nitrogen and oxygen atoms in total. The second-order valence-electron chi connectivity index (χ2n) is 5.50. The van der Waals surface area contributed by atoms with Crippen LogP contribution in [0.2, 0.25) is 5.02 Å². The van der Waals surface area contributed by atoms with Gasteiger partial charge in [0.2, 0.25) is 0 Å². The molecule has 112 valence electrons. The van der Waals surface area contributed by atoms with E-state index in [0.717, 1.165) is 39.5 Å². The lowest BCUT2D eigenvalue weighted by Crippen LogP contribution is -1.95. The molecule has 0 saturated carbocycles. The summed E-state index contributed by atoms with van der Waals surface area (Å²) < 4.78 is 1.85. The number of benzene rings is 2. The number of rotatable bonds is 2. The van der Waals surface area contributed by atoms with Crippen LogP contribution in [0.25, 0.3) is 27.5 Å². The summed E-state index contributed by atoms with van der Waals surface area (Å²) in [5.74, 6) is 0. The Kier molecular flexibility index (Phi) is 3.17. The number of aromatic nitrogens is 2. The highest BCUT2D eigenvalue weighted by molar-refractivity contribution is 6.30. The summed E-state index contributed by atoms with van der Waals surface area (Å²) in [5.41, 5.74) is 4.15. The second kappa shape index (κ2) is 5.21. The molecule has 0 amide bonds. The highest BCUT2D eigenvalue weighted by atomic mass is 35.5. The summed E-state index contributed by atoms with van der Waals surface area (Å²) in [5, 5.41) is 7.37. The van der Waals surface area contributed by atoms with E-state index >= 15 is 0 Å². The molecule has 2 aromatic heterocycles. The first-order valence-electron chi connectivity index (χ1n) is 7.31. The van der Waals surface area contributed by atoms with E-state index in [9.17, 15) is 4.79 Å². The predicted octanol–water partition coefficient (Wildman–Crippen LogP) is 4.93. The first kappa shape index (κ1) is 14.0. The van der Waals surface area contributed by atoms with Crippen LogP contribution in [0.3, 0.4) is 0 Å². The molecule has 0 saturated heterocycles. The molecule has 0 fully saturated rings. The van der Waals surface area contributed by atoms with Gasteiger partial charge in [-0.05, 0) is 30.5 Å². The SMILES string of the molecule is Cc1nn2c(-c3ccc(Cl)cc3)cc3ccccc3c2c1C=O. The molecular weight excluding hydrogens is 308 g/mol. The second-order valence-corrected chi connectivity index (χ2v) is 5.94. The van der Waals surface area contributed by atoms with Gasteiger partial charge in [-0.1, -0.05) is 48.0 Å². The quantitative estimate of drug-likeness (QED) is 0.491. The van der Waals surface area contributed by atoms with Crippen molar-refractivity contribution in [3.63, 3.8) is 0 Å². The van der Waals surface area contributed by atoms with Crippen molar-refractivity contribution in [2.75, 3.05) is 0 Å². The van der Waals surface area contributed by atoms with Crippen LogP contribution < -0.4 is 0 Å². The minimum absolute atomic E-state index is 0.636.